The lowest BCUT2D eigenvalue weighted by Gasteiger charge is -2.72. The van der Waals surface area contributed by atoms with E-state index in [0.29, 0.717) is 17.8 Å². The molecule has 0 bridgehead atoms. The van der Waals surface area contributed by atoms with Crippen molar-refractivity contribution in [3.05, 3.63) is 23.2 Å². The van der Waals surface area contributed by atoms with Crippen LogP contribution in [0.2, 0.25) is 0 Å². The Morgan fingerprint density at radius 3 is 2.26 bits per heavy atom. The van der Waals surface area contributed by atoms with E-state index in [1.807, 2.05) is 0 Å². The van der Waals surface area contributed by atoms with E-state index in [9.17, 15) is 15.0 Å². The SMILES string of the molecule is [C-]#[N+]/C=C(\C)C1CC[C@]2(C(=O)O)CC[C@]3(C)C(CCC4[C@@]5(C)CC[C@H](O)C(C)(C)C5CC[C@]43C)C12. The summed E-state index contributed by atoms with van der Waals surface area (Å²) in [5.41, 5.74) is 0.981. The van der Waals surface area contributed by atoms with Gasteiger partial charge in [-0.1, -0.05) is 47.1 Å². The third-order valence-electron chi connectivity index (χ3n) is 13.7. The number of aliphatic carboxylic acids is 1. The highest BCUT2D eigenvalue weighted by molar-refractivity contribution is 5.76. The number of aliphatic hydroxyl groups is 1. The van der Waals surface area contributed by atoms with Crippen molar-refractivity contribution < 1.29 is 15.0 Å². The van der Waals surface area contributed by atoms with Crippen molar-refractivity contribution in [2.45, 2.75) is 112 Å². The summed E-state index contributed by atoms with van der Waals surface area (Å²) in [5.74, 6) is 1.34. The smallest absolute Gasteiger partial charge is 0.309 e. The van der Waals surface area contributed by atoms with Crippen LogP contribution in [-0.4, -0.2) is 22.3 Å². The van der Waals surface area contributed by atoms with Crippen LogP contribution in [-0.2, 0) is 4.79 Å². The minimum absolute atomic E-state index is 0.0463. The molecule has 0 heterocycles. The Kier molecular flexibility index (Phi) is 5.66. The van der Waals surface area contributed by atoms with E-state index in [4.69, 9.17) is 6.57 Å². The Morgan fingerprint density at radius 2 is 1.60 bits per heavy atom. The standard InChI is InChI=1S/C31H47NO3/c1-19(18-32-7)20-10-15-31(26(34)35)17-16-29(5)21(25(20)31)8-9-23-28(4)13-12-24(33)27(2,3)22(28)11-14-30(23,29)6/h18,20-25,33H,8-17H2,1-6H3,(H,34,35)/b19-18+/t20?,21?,22?,23?,24-,25?,28-,29+,30+,31-/m0/s1. The van der Waals surface area contributed by atoms with Gasteiger partial charge in [0.05, 0.1) is 18.1 Å². The Hall–Kier alpha value is -1.34. The Morgan fingerprint density at radius 1 is 0.886 bits per heavy atom. The van der Waals surface area contributed by atoms with Gasteiger partial charge in [0, 0.05) is 0 Å². The van der Waals surface area contributed by atoms with Crippen LogP contribution in [0.15, 0.2) is 11.8 Å². The molecule has 0 amide bonds. The van der Waals surface area contributed by atoms with Crippen LogP contribution < -0.4 is 0 Å². The van der Waals surface area contributed by atoms with Gasteiger partial charge in [0.1, 0.15) is 0 Å². The number of carbonyl (C=O) groups is 1. The molecule has 35 heavy (non-hydrogen) atoms. The van der Waals surface area contributed by atoms with Crippen molar-refractivity contribution in [1.29, 1.82) is 0 Å². The van der Waals surface area contributed by atoms with E-state index in [0.717, 1.165) is 50.5 Å². The second kappa shape index (κ2) is 7.83. The molecular formula is C31H47NO3. The van der Waals surface area contributed by atoms with Gasteiger partial charge in [0.25, 0.3) is 0 Å². The number of allylic oxidation sites excluding steroid dienone is 1. The molecule has 5 saturated carbocycles. The van der Waals surface area contributed by atoms with E-state index < -0.39 is 11.4 Å². The number of hydrogen-bond acceptors (Lipinski definition) is 2. The summed E-state index contributed by atoms with van der Waals surface area (Å²) in [7, 11) is 0. The first-order chi connectivity index (χ1) is 16.3. The highest BCUT2D eigenvalue weighted by Crippen LogP contribution is 2.77. The minimum Gasteiger partial charge on any atom is -0.481 e. The molecule has 5 unspecified atom stereocenters. The monoisotopic (exact) mass is 481 g/mol. The number of aliphatic hydroxyl groups excluding tert-OH is 1. The quantitative estimate of drug-likeness (QED) is 0.406. The van der Waals surface area contributed by atoms with Gasteiger partial charge in [0.2, 0.25) is 0 Å². The molecule has 0 aliphatic heterocycles. The van der Waals surface area contributed by atoms with Crippen LogP contribution in [0, 0.1) is 63.2 Å². The Balaban J connectivity index is 1.57. The minimum atomic E-state index is -0.618. The van der Waals surface area contributed by atoms with Crippen molar-refractivity contribution in [2.75, 3.05) is 0 Å². The van der Waals surface area contributed by atoms with Crippen LogP contribution >= 0.6 is 0 Å². The maximum atomic E-state index is 12.9. The number of fused-ring (bicyclic) bond motifs is 7. The molecule has 2 N–H and O–H groups in total. The zero-order valence-corrected chi connectivity index (χ0v) is 22.9. The third-order valence-corrected chi connectivity index (χ3v) is 13.7. The average Bonchev–Trinajstić information content (AvgIpc) is 3.18. The molecule has 5 aliphatic rings. The molecule has 4 nitrogen and oxygen atoms in total. The normalized spacial score (nSPS) is 52.9. The van der Waals surface area contributed by atoms with Crippen LogP contribution in [0.1, 0.15) is 106 Å². The molecule has 0 aromatic rings. The number of hydrogen-bond donors (Lipinski definition) is 2. The van der Waals surface area contributed by atoms with E-state index in [-0.39, 0.29) is 39.6 Å². The fourth-order valence-electron chi connectivity index (χ4n) is 11.7. The molecule has 0 spiro atoms. The molecule has 4 heteroatoms. The molecule has 5 aliphatic carbocycles. The first-order valence-electron chi connectivity index (χ1n) is 14.2. The van der Waals surface area contributed by atoms with Crippen LogP contribution in [0.5, 0.6) is 0 Å². The maximum absolute atomic E-state index is 12.9. The number of nitrogens with zero attached hydrogens (tertiary/aromatic N) is 1. The summed E-state index contributed by atoms with van der Waals surface area (Å²) in [6, 6.07) is 0. The van der Waals surface area contributed by atoms with Crippen molar-refractivity contribution in [1.82, 2.24) is 0 Å². The lowest BCUT2D eigenvalue weighted by Crippen LogP contribution is -2.67. The number of carboxylic acid groups (broad SMARTS) is 1. The maximum Gasteiger partial charge on any atom is 0.309 e. The molecule has 0 saturated heterocycles. The molecular weight excluding hydrogens is 434 g/mol. The van der Waals surface area contributed by atoms with Crippen molar-refractivity contribution >= 4 is 5.97 Å². The van der Waals surface area contributed by atoms with E-state index in [2.05, 4.69) is 46.4 Å². The van der Waals surface area contributed by atoms with Gasteiger partial charge in [-0.3, -0.25) is 4.79 Å². The van der Waals surface area contributed by atoms with Crippen molar-refractivity contribution in [3.8, 4) is 0 Å². The van der Waals surface area contributed by atoms with Crippen LogP contribution in [0.25, 0.3) is 4.85 Å². The van der Waals surface area contributed by atoms with Gasteiger partial charge in [-0.25, -0.2) is 4.85 Å². The van der Waals surface area contributed by atoms with E-state index >= 15 is 0 Å². The van der Waals surface area contributed by atoms with Gasteiger partial charge < -0.3 is 10.2 Å². The molecule has 10 atom stereocenters. The number of rotatable bonds is 2. The summed E-state index contributed by atoms with van der Waals surface area (Å²) in [6.45, 7) is 21.7. The molecule has 5 rings (SSSR count). The van der Waals surface area contributed by atoms with Gasteiger partial charge >= 0.3 is 5.97 Å². The highest BCUT2D eigenvalue weighted by Gasteiger charge is 2.72. The average molecular weight is 482 g/mol. The molecule has 0 aromatic heterocycles. The highest BCUT2D eigenvalue weighted by atomic mass is 16.4. The largest absolute Gasteiger partial charge is 0.481 e. The third kappa shape index (κ3) is 3.03. The summed E-state index contributed by atoms with van der Waals surface area (Å²) < 4.78 is 0. The Labute approximate surface area is 212 Å². The summed E-state index contributed by atoms with van der Waals surface area (Å²) >= 11 is 0. The summed E-state index contributed by atoms with van der Waals surface area (Å²) in [6.07, 6.45) is 11.6. The summed E-state index contributed by atoms with van der Waals surface area (Å²) in [4.78, 5) is 16.4. The van der Waals surface area contributed by atoms with Crippen molar-refractivity contribution in [3.63, 3.8) is 0 Å². The zero-order valence-electron chi connectivity index (χ0n) is 22.9. The van der Waals surface area contributed by atoms with Crippen LogP contribution in [0.4, 0.5) is 0 Å². The fourth-order valence-corrected chi connectivity index (χ4v) is 11.7. The summed E-state index contributed by atoms with van der Waals surface area (Å²) in [5, 5.41) is 21.5. The first-order valence-corrected chi connectivity index (χ1v) is 14.2. The fraction of sp³-hybridized carbons (Fsp3) is 0.871. The second-order valence-corrected chi connectivity index (χ2v) is 14.7. The second-order valence-electron chi connectivity index (χ2n) is 14.7. The van der Waals surface area contributed by atoms with Crippen molar-refractivity contribution in [2.24, 2.45) is 56.7 Å². The van der Waals surface area contributed by atoms with Crippen LogP contribution in [0.3, 0.4) is 0 Å². The predicted molar refractivity (Wildman–Crippen MR) is 138 cm³/mol. The van der Waals surface area contributed by atoms with Gasteiger partial charge in [-0.15, -0.1) is 0 Å². The lowest BCUT2D eigenvalue weighted by atomic mass is 9.32. The zero-order chi connectivity index (χ0) is 25.6. The molecule has 0 radical (unpaired) electrons. The molecule has 0 aromatic carbocycles. The molecule has 194 valence electrons. The topological polar surface area (TPSA) is 61.9 Å². The molecule has 5 fully saturated rings. The first kappa shape index (κ1) is 25.3. The van der Waals surface area contributed by atoms with Gasteiger partial charge in [-0.2, -0.15) is 0 Å². The lowest BCUT2D eigenvalue weighted by molar-refractivity contribution is -0.248. The Bertz CT molecular complexity index is 978. The van der Waals surface area contributed by atoms with E-state index in [1.165, 1.54) is 19.3 Å². The number of carboxylic acids is 1. The van der Waals surface area contributed by atoms with Gasteiger partial charge in [0.15, 0.2) is 6.20 Å². The van der Waals surface area contributed by atoms with Gasteiger partial charge in [-0.05, 0) is 115 Å². The predicted octanol–water partition coefficient (Wildman–Crippen LogP) is 7.34. The van der Waals surface area contributed by atoms with E-state index in [1.54, 1.807) is 6.20 Å².